The first-order valence-electron chi connectivity index (χ1n) is 7.32. The lowest BCUT2D eigenvalue weighted by atomic mass is 10.1. The van der Waals surface area contributed by atoms with E-state index < -0.39 is 0 Å². The van der Waals surface area contributed by atoms with Crippen LogP contribution in [0.3, 0.4) is 0 Å². The summed E-state index contributed by atoms with van der Waals surface area (Å²) in [5.74, 6) is -0.302. The van der Waals surface area contributed by atoms with Gasteiger partial charge in [0, 0.05) is 6.54 Å². The largest absolute Gasteiger partial charge is 0.348 e. The molecule has 2 aromatic carbocycles. The van der Waals surface area contributed by atoms with Gasteiger partial charge in [-0.25, -0.2) is 4.39 Å². The monoisotopic (exact) mass is 300 g/mol. The Morgan fingerprint density at radius 2 is 1.91 bits per heavy atom. The third-order valence-electron chi connectivity index (χ3n) is 3.43. The fraction of sp³-hybridized carbons (Fsp3) is 0.278. The van der Waals surface area contributed by atoms with Crippen molar-refractivity contribution >= 4 is 5.91 Å². The SMILES string of the molecule is C[C@@H](NC(=O)CN(C)Cc1cccc(F)c1)c1ccccc1. The van der Waals surface area contributed by atoms with Gasteiger partial charge in [0.25, 0.3) is 0 Å². The van der Waals surface area contributed by atoms with Crippen LogP contribution >= 0.6 is 0 Å². The Morgan fingerprint density at radius 3 is 2.59 bits per heavy atom. The second-order valence-electron chi connectivity index (χ2n) is 5.50. The van der Waals surface area contributed by atoms with E-state index in [9.17, 15) is 9.18 Å². The zero-order chi connectivity index (χ0) is 15.9. The van der Waals surface area contributed by atoms with Gasteiger partial charge in [0.2, 0.25) is 5.91 Å². The Bertz CT molecular complexity index is 615. The molecule has 0 aromatic heterocycles. The Kier molecular flexibility index (Phi) is 5.67. The standard InChI is InChI=1S/C18H21FN2O/c1-14(16-8-4-3-5-9-16)20-18(22)13-21(2)12-15-7-6-10-17(19)11-15/h3-11,14H,12-13H2,1-2H3,(H,20,22)/t14-/m1/s1. The average molecular weight is 300 g/mol. The van der Waals surface area contributed by atoms with E-state index in [1.165, 1.54) is 12.1 Å². The van der Waals surface area contributed by atoms with Crippen LogP contribution < -0.4 is 5.32 Å². The lowest BCUT2D eigenvalue weighted by molar-refractivity contribution is -0.122. The van der Waals surface area contributed by atoms with Gasteiger partial charge in [0.1, 0.15) is 5.82 Å². The van der Waals surface area contributed by atoms with E-state index >= 15 is 0 Å². The van der Waals surface area contributed by atoms with Crippen molar-refractivity contribution in [2.24, 2.45) is 0 Å². The van der Waals surface area contributed by atoms with Crippen molar-refractivity contribution in [3.8, 4) is 0 Å². The molecule has 4 heteroatoms. The number of nitrogens with one attached hydrogen (secondary N) is 1. The van der Waals surface area contributed by atoms with Crippen molar-refractivity contribution in [2.45, 2.75) is 19.5 Å². The van der Waals surface area contributed by atoms with Gasteiger partial charge in [0.05, 0.1) is 12.6 Å². The van der Waals surface area contributed by atoms with Crippen molar-refractivity contribution in [3.05, 3.63) is 71.5 Å². The van der Waals surface area contributed by atoms with Crippen LogP contribution in [-0.4, -0.2) is 24.4 Å². The van der Waals surface area contributed by atoms with Crippen LogP contribution in [0.2, 0.25) is 0 Å². The van der Waals surface area contributed by atoms with E-state index in [4.69, 9.17) is 0 Å². The number of rotatable bonds is 6. The van der Waals surface area contributed by atoms with Crippen LogP contribution in [0.5, 0.6) is 0 Å². The van der Waals surface area contributed by atoms with Gasteiger partial charge in [-0.3, -0.25) is 9.69 Å². The minimum Gasteiger partial charge on any atom is -0.348 e. The minimum absolute atomic E-state index is 0.0312. The zero-order valence-electron chi connectivity index (χ0n) is 12.9. The van der Waals surface area contributed by atoms with Crippen molar-refractivity contribution < 1.29 is 9.18 Å². The number of benzene rings is 2. The van der Waals surface area contributed by atoms with Crippen LogP contribution in [0.4, 0.5) is 4.39 Å². The molecular formula is C18H21FN2O. The maximum Gasteiger partial charge on any atom is 0.234 e. The predicted octanol–water partition coefficient (Wildman–Crippen LogP) is 3.13. The highest BCUT2D eigenvalue weighted by atomic mass is 19.1. The maximum atomic E-state index is 13.1. The molecular weight excluding hydrogens is 279 g/mol. The van der Waals surface area contributed by atoms with Crippen LogP contribution in [-0.2, 0) is 11.3 Å². The molecule has 1 N–H and O–H groups in total. The van der Waals surface area contributed by atoms with Gasteiger partial charge in [0.15, 0.2) is 0 Å². The van der Waals surface area contributed by atoms with Gasteiger partial charge >= 0.3 is 0 Å². The molecule has 2 aromatic rings. The molecule has 0 unspecified atom stereocenters. The second-order valence-corrected chi connectivity index (χ2v) is 5.50. The van der Waals surface area contributed by atoms with Gasteiger partial charge in [-0.2, -0.15) is 0 Å². The third kappa shape index (κ3) is 4.97. The molecule has 0 saturated heterocycles. The molecule has 0 radical (unpaired) electrons. The number of likely N-dealkylation sites (N-methyl/N-ethyl adjacent to an activating group) is 1. The second kappa shape index (κ2) is 7.71. The summed E-state index contributed by atoms with van der Waals surface area (Å²) in [6.45, 7) is 2.76. The molecule has 0 saturated carbocycles. The molecule has 116 valence electrons. The molecule has 0 heterocycles. The molecule has 0 bridgehead atoms. The van der Waals surface area contributed by atoms with Gasteiger partial charge in [-0.05, 0) is 37.2 Å². The molecule has 0 aliphatic carbocycles. The molecule has 0 spiro atoms. The van der Waals surface area contributed by atoms with E-state index in [0.29, 0.717) is 6.54 Å². The Morgan fingerprint density at radius 1 is 1.18 bits per heavy atom. The lowest BCUT2D eigenvalue weighted by Gasteiger charge is -2.19. The van der Waals surface area contributed by atoms with Crippen molar-refractivity contribution in [1.82, 2.24) is 10.2 Å². The highest BCUT2D eigenvalue weighted by Crippen LogP contribution is 2.11. The van der Waals surface area contributed by atoms with Crippen LogP contribution in [0, 0.1) is 5.82 Å². The Balaban J connectivity index is 1.84. The quantitative estimate of drug-likeness (QED) is 0.889. The summed E-state index contributed by atoms with van der Waals surface area (Å²) in [5.41, 5.74) is 1.93. The number of hydrogen-bond acceptors (Lipinski definition) is 2. The smallest absolute Gasteiger partial charge is 0.234 e. The summed E-state index contributed by atoms with van der Waals surface area (Å²) in [5, 5.41) is 2.97. The minimum atomic E-state index is -0.256. The molecule has 0 fully saturated rings. The lowest BCUT2D eigenvalue weighted by Crippen LogP contribution is -2.36. The van der Waals surface area contributed by atoms with Gasteiger partial charge in [-0.15, -0.1) is 0 Å². The van der Waals surface area contributed by atoms with E-state index in [0.717, 1.165) is 11.1 Å². The number of nitrogens with zero attached hydrogens (tertiary/aromatic N) is 1. The Hall–Kier alpha value is -2.20. The number of hydrogen-bond donors (Lipinski definition) is 1. The molecule has 0 aliphatic rings. The van der Waals surface area contributed by atoms with Crippen LogP contribution in [0.1, 0.15) is 24.1 Å². The first-order valence-corrected chi connectivity index (χ1v) is 7.32. The topological polar surface area (TPSA) is 32.3 Å². The van der Waals surface area contributed by atoms with Crippen LogP contribution in [0.15, 0.2) is 54.6 Å². The summed E-state index contributed by atoms with van der Waals surface area (Å²) in [6, 6.07) is 16.2. The number of halogens is 1. The molecule has 1 amide bonds. The van der Waals surface area contributed by atoms with Crippen molar-refractivity contribution in [2.75, 3.05) is 13.6 Å². The molecule has 2 rings (SSSR count). The molecule has 0 aliphatic heterocycles. The number of carbonyl (C=O) groups excluding carboxylic acids is 1. The van der Waals surface area contributed by atoms with E-state index in [1.807, 2.05) is 55.3 Å². The van der Waals surface area contributed by atoms with Crippen LogP contribution in [0.25, 0.3) is 0 Å². The fourth-order valence-corrected chi connectivity index (χ4v) is 2.36. The van der Waals surface area contributed by atoms with Crippen molar-refractivity contribution in [1.29, 1.82) is 0 Å². The molecule has 22 heavy (non-hydrogen) atoms. The molecule has 1 atom stereocenters. The van der Waals surface area contributed by atoms with E-state index in [2.05, 4.69) is 5.32 Å². The summed E-state index contributed by atoms with van der Waals surface area (Å²) in [4.78, 5) is 13.9. The number of amides is 1. The summed E-state index contributed by atoms with van der Waals surface area (Å²) < 4.78 is 13.1. The predicted molar refractivity (Wildman–Crippen MR) is 85.7 cm³/mol. The zero-order valence-corrected chi connectivity index (χ0v) is 12.9. The third-order valence-corrected chi connectivity index (χ3v) is 3.43. The first kappa shape index (κ1) is 16.2. The van der Waals surface area contributed by atoms with E-state index in [1.54, 1.807) is 6.07 Å². The fourth-order valence-electron chi connectivity index (χ4n) is 2.36. The first-order chi connectivity index (χ1) is 10.5. The average Bonchev–Trinajstić information content (AvgIpc) is 2.47. The van der Waals surface area contributed by atoms with E-state index in [-0.39, 0.29) is 24.3 Å². The maximum absolute atomic E-state index is 13.1. The van der Waals surface area contributed by atoms with Gasteiger partial charge < -0.3 is 5.32 Å². The highest BCUT2D eigenvalue weighted by Gasteiger charge is 2.11. The van der Waals surface area contributed by atoms with Crippen molar-refractivity contribution in [3.63, 3.8) is 0 Å². The summed E-state index contributed by atoms with van der Waals surface area (Å²) in [6.07, 6.45) is 0. The Labute approximate surface area is 130 Å². The normalized spacial score (nSPS) is 12.2. The summed E-state index contributed by atoms with van der Waals surface area (Å²) >= 11 is 0. The highest BCUT2D eigenvalue weighted by molar-refractivity contribution is 5.78. The molecule has 3 nitrogen and oxygen atoms in total. The number of carbonyl (C=O) groups is 1. The summed E-state index contributed by atoms with van der Waals surface area (Å²) in [7, 11) is 1.84. The van der Waals surface area contributed by atoms with Gasteiger partial charge in [-0.1, -0.05) is 42.5 Å².